The van der Waals surface area contributed by atoms with E-state index in [0.29, 0.717) is 49.7 Å². The van der Waals surface area contributed by atoms with E-state index in [9.17, 15) is 4.79 Å². The third kappa shape index (κ3) is 5.71. The van der Waals surface area contributed by atoms with Crippen molar-refractivity contribution in [1.82, 2.24) is 0 Å². The fourth-order valence-corrected chi connectivity index (χ4v) is 5.85. The summed E-state index contributed by atoms with van der Waals surface area (Å²) in [4.78, 5) is 15.1. The second-order valence-electron chi connectivity index (χ2n) is 7.15. The van der Waals surface area contributed by atoms with Crippen LogP contribution in [0.25, 0.3) is 6.08 Å². The zero-order chi connectivity index (χ0) is 24.2. The molecule has 4 nitrogen and oxygen atoms in total. The lowest BCUT2D eigenvalue weighted by molar-refractivity contribution is -0.113. The first-order valence-electron chi connectivity index (χ1n) is 10.2. The number of amides is 1. The molecular weight excluding hydrogens is 624 g/mol. The summed E-state index contributed by atoms with van der Waals surface area (Å²) >= 11 is 21.2. The molecule has 0 saturated carbocycles. The Bertz CT molecular complexity index is 1280. The Hall–Kier alpha value is -1.78. The van der Waals surface area contributed by atoms with Gasteiger partial charge in [0.15, 0.2) is 15.8 Å². The highest BCUT2D eigenvalue weighted by Crippen LogP contribution is 2.41. The molecule has 9 heteroatoms. The Morgan fingerprint density at radius 2 is 1.85 bits per heavy atom. The first-order chi connectivity index (χ1) is 16.4. The second-order valence-corrected chi connectivity index (χ2v) is 10.8. The van der Waals surface area contributed by atoms with Crippen LogP contribution in [0.5, 0.6) is 11.5 Å². The van der Waals surface area contributed by atoms with Crippen LogP contribution in [0.4, 0.5) is 5.69 Å². The van der Waals surface area contributed by atoms with Crippen molar-refractivity contribution in [3.63, 3.8) is 0 Å². The molecular formula is C25H18Cl2INO3S2. The molecule has 1 fully saturated rings. The number of thiocarbonyl (C=S) groups is 1. The lowest BCUT2D eigenvalue weighted by atomic mass is 10.1. The second kappa shape index (κ2) is 11.3. The van der Waals surface area contributed by atoms with Crippen LogP contribution in [0.15, 0.2) is 65.6 Å². The molecule has 3 aromatic rings. The Labute approximate surface area is 231 Å². The zero-order valence-electron chi connectivity index (χ0n) is 17.9. The van der Waals surface area contributed by atoms with Crippen molar-refractivity contribution in [1.29, 1.82) is 0 Å². The van der Waals surface area contributed by atoms with E-state index in [4.69, 9.17) is 44.9 Å². The topological polar surface area (TPSA) is 38.8 Å². The zero-order valence-corrected chi connectivity index (χ0v) is 23.2. The summed E-state index contributed by atoms with van der Waals surface area (Å²) in [5.41, 5.74) is 2.38. The molecule has 1 saturated heterocycles. The number of hydrogen-bond acceptors (Lipinski definition) is 5. The van der Waals surface area contributed by atoms with Gasteiger partial charge in [-0.05, 0) is 77.0 Å². The fourth-order valence-electron chi connectivity index (χ4n) is 3.29. The largest absolute Gasteiger partial charge is 0.490 e. The van der Waals surface area contributed by atoms with Crippen LogP contribution in [0.1, 0.15) is 18.1 Å². The standard InChI is InChI=1S/C25H18Cl2INO3S2/c1-2-31-21-11-16(10-19(28)23(21)32-14-15-6-4-3-5-7-15)12-22-24(30)29(25(33)34-22)20-9-8-17(26)13-18(20)27/h3-13H,2,14H2,1H3/b22-12-. The normalized spacial score (nSPS) is 14.7. The number of nitrogens with zero attached hydrogens (tertiary/aromatic N) is 1. The van der Waals surface area contributed by atoms with E-state index in [1.54, 1.807) is 24.3 Å². The van der Waals surface area contributed by atoms with Crippen molar-refractivity contribution in [2.75, 3.05) is 11.5 Å². The average molecular weight is 642 g/mol. The van der Waals surface area contributed by atoms with Crippen LogP contribution in [0.3, 0.4) is 0 Å². The van der Waals surface area contributed by atoms with Crippen molar-refractivity contribution in [3.05, 3.63) is 90.3 Å². The molecule has 174 valence electrons. The molecule has 0 aromatic heterocycles. The predicted octanol–water partition coefficient (Wildman–Crippen LogP) is 7.98. The van der Waals surface area contributed by atoms with Crippen LogP contribution < -0.4 is 14.4 Å². The lowest BCUT2D eigenvalue weighted by Gasteiger charge is -2.16. The molecule has 0 unspecified atom stereocenters. The molecule has 0 spiro atoms. The highest BCUT2D eigenvalue weighted by Gasteiger charge is 2.34. The maximum Gasteiger partial charge on any atom is 0.270 e. The van der Waals surface area contributed by atoms with E-state index in [1.807, 2.05) is 49.4 Å². The van der Waals surface area contributed by atoms with Gasteiger partial charge < -0.3 is 9.47 Å². The highest BCUT2D eigenvalue weighted by molar-refractivity contribution is 14.1. The first-order valence-corrected chi connectivity index (χ1v) is 13.3. The quantitative estimate of drug-likeness (QED) is 0.149. The predicted molar refractivity (Wildman–Crippen MR) is 153 cm³/mol. The Morgan fingerprint density at radius 3 is 2.56 bits per heavy atom. The molecule has 4 rings (SSSR count). The van der Waals surface area contributed by atoms with Crippen LogP contribution in [0.2, 0.25) is 10.0 Å². The van der Waals surface area contributed by atoms with E-state index in [1.165, 1.54) is 16.7 Å². The Kier molecular flexibility index (Phi) is 8.42. The Balaban J connectivity index is 1.62. The number of rotatable bonds is 7. The molecule has 0 bridgehead atoms. The van der Waals surface area contributed by atoms with Gasteiger partial charge in [0.2, 0.25) is 0 Å². The summed E-state index contributed by atoms with van der Waals surface area (Å²) in [6, 6.07) is 18.7. The molecule has 0 atom stereocenters. The number of carbonyl (C=O) groups is 1. The molecule has 34 heavy (non-hydrogen) atoms. The molecule has 1 aliphatic heterocycles. The number of carbonyl (C=O) groups excluding carboxylic acids is 1. The third-order valence-electron chi connectivity index (χ3n) is 4.80. The summed E-state index contributed by atoms with van der Waals surface area (Å²) in [7, 11) is 0. The van der Waals surface area contributed by atoms with E-state index in [2.05, 4.69) is 22.6 Å². The summed E-state index contributed by atoms with van der Waals surface area (Å²) in [6.45, 7) is 2.83. The molecule has 1 heterocycles. The van der Waals surface area contributed by atoms with Crippen molar-refractivity contribution in [2.45, 2.75) is 13.5 Å². The average Bonchev–Trinajstić information content (AvgIpc) is 3.07. The van der Waals surface area contributed by atoms with Crippen LogP contribution in [-0.2, 0) is 11.4 Å². The number of hydrogen-bond donors (Lipinski definition) is 0. The monoisotopic (exact) mass is 641 g/mol. The van der Waals surface area contributed by atoms with E-state index in [-0.39, 0.29) is 5.91 Å². The van der Waals surface area contributed by atoms with Gasteiger partial charge in [-0.1, -0.05) is 77.5 Å². The highest BCUT2D eigenvalue weighted by atomic mass is 127. The Morgan fingerprint density at radius 1 is 1.09 bits per heavy atom. The molecule has 0 radical (unpaired) electrons. The molecule has 1 amide bonds. The minimum atomic E-state index is -0.239. The van der Waals surface area contributed by atoms with Gasteiger partial charge in [0.1, 0.15) is 6.61 Å². The molecule has 3 aromatic carbocycles. The van der Waals surface area contributed by atoms with Crippen molar-refractivity contribution in [3.8, 4) is 11.5 Å². The number of anilines is 1. The van der Waals surface area contributed by atoms with Crippen molar-refractivity contribution < 1.29 is 14.3 Å². The summed E-state index contributed by atoms with van der Waals surface area (Å²) in [5.74, 6) is 1.05. The molecule has 1 aliphatic rings. The molecule has 0 aliphatic carbocycles. The first kappa shape index (κ1) is 25.3. The summed E-state index contributed by atoms with van der Waals surface area (Å²) < 4.78 is 13.2. The van der Waals surface area contributed by atoms with E-state index < -0.39 is 0 Å². The number of ether oxygens (including phenoxy) is 2. The molecule has 0 N–H and O–H groups in total. The SMILES string of the molecule is CCOc1cc(/C=C2\SC(=S)N(c3ccc(Cl)cc3Cl)C2=O)cc(I)c1OCc1ccccc1. The summed E-state index contributed by atoms with van der Waals surface area (Å²) in [6.07, 6.45) is 1.80. The van der Waals surface area contributed by atoms with Crippen LogP contribution in [-0.4, -0.2) is 16.8 Å². The van der Waals surface area contributed by atoms with Gasteiger partial charge in [0.25, 0.3) is 5.91 Å². The van der Waals surface area contributed by atoms with Gasteiger partial charge in [-0.25, -0.2) is 0 Å². The minimum Gasteiger partial charge on any atom is -0.490 e. The fraction of sp³-hybridized carbons (Fsp3) is 0.120. The number of thioether (sulfide) groups is 1. The summed E-state index contributed by atoms with van der Waals surface area (Å²) in [5, 5.41) is 0.848. The number of benzene rings is 3. The van der Waals surface area contributed by atoms with Gasteiger partial charge >= 0.3 is 0 Å². The van der Waals surface area contributed by atoms with E-state index >= 15 is 0 Å². The van der Waals surface area contributed by atoms with Gasteiger partial charge in [0.05, 0.1) is 25.8 Å². The van der Waals surface area contributed by atoms with E-state index in [0.717, 1.165) is 14.7 Å². The lowest BCUT2D eigenvalue weighted by Crippen LogP contribution is -2.27. The maximum atomic E-state index is 13.2. The van der Waals surface area contributed by atoms with Crippen LogP contribution in [0, 0.1) is 3.57 Å². The maximum absolute atomic E-state index is 13.2. The van der Waals surface area contributed by atoms with Crippen LogP contribution >= 0.6 is 69.8 Å². The van der Waals surface area contributed by atoms with Gasteiger partial charge in [-0.15, -0.1) is 0 Å². The smallest absolute Gasteiger partial charge is 0.270 e. The van der Waals surface area contributed by atoms with Gasteiger partial charge in [0, 0.05) is 5.02 Å². The number of halogens is 3. The van der Waals surface area contributed by atoms with Crippen molar-refractivity contribution >= 4 is 91.8 Å². The minimum absolute atomic E-state index is 0.239. The van der Waals surface area contributed by atoms with Gasteiger partial charge in [-0.2, -0.15) is 0 Å². The van der Waals surface area contributed by atoms with Crippen molar-refractivity contribution in [2.24, 2.45) is 0 Å². The van der Waals surface area contributed by atoms with Gasteiger partial charge in [-0.3, -0.25) is 9.69 Å². The third-order valence-corrected chi connectivity index (χ3v) is 7.44.